The molecule has 0 aromatic heterocycles. The number of ether oxygens (including phenoxy) is 2. The lowest BCUT2D eigenvalue weighted by Crippen LogP contribution is -2.30. The molecule has 5 rings (SSSR count). The molecule has 2 fully saturated rings. The number of nitrogens with zero attached hydrogens (tertiary/aromatic N) is 2. The highest BCUT2D eigenvalue weighted by Crippen LogP contribution is 2.45. The summed E-state index contributed by atoms with van der Waals surface area (Å²) in [5.41, 5.74) is 1.38. The number of aliphatic hydroxyl groups excluding tert-OH is 1. The zero-order valence-corrected chi connectivity index (χ0v) is 20.6. The maximum absolute atomic E-state index is 15.2. The van der Waals surface area contributed by atoms with E-state index >= 15 is 4.39 Å². The third kappa shape index (κ3) is 4.18. The van der Waals surface area contributed by atoms with Crippen molar-refractivity contribution in [3.8, 4) is 11.5 Å². The summed E-state index contributed by atoms with van der Waals surface area (Å²) in [4.78, 5) is 30.4. The molecule has 1 amide bonds. The van der Waals surface area contributed by atoms with Gasteiger partial charge in [0, 0.05) is 30.0 Å². The topological polar surface area (TPSA) is 79.3 Å². The fraction of sp³-hybridized carbons (Fsp3) is 0.241. The van der Waals surface area contributed by atoms with Crippen molar-refractivity contribution in [2.24, 2.45) is 0 Å². The van der Waals surface area contributed by atoms with E-state index in [9.17, 15) is 14.7 Å². The number of Topliss-reactive ketones (excluding diaryl/α,β-unsaturated/α-hetero) is 1. The van der Waals surface area contributed by atoms with Gasteiger partial charge in [0.2, 0.25) is 0 Å². The van der Waals surface area contributed by atoms with Crippen LogP contribution in [-0.2, 0) is 9.59 Å². The van der Waals surface area contributed by atoms with Crippen molar-refractivity contribution < 1.29 is 28.6 Å². The third-order valence-electron chi connectivity index (χ3n) is 6.91. The predicted octanol–water partition coefficient (Wildman–Crippen LogP) is 5.07. The Morgan fingerprint density at radius 3 is 2.05 bits per heavy atom. The molecule has 1 atom stereocenters. The summed E-state index contributed by atoms with van der Waals surface area (Å²) in [6.07, 6.45) is 2.24. The molecule has 0 aliphatic carbocycles. The number of anilines is 2. The predicted molar refractivity (Wildman–Crippen MR) is 139 cm³/mol. The quantitative estimate of drug-likeness (QED) is 0.288. The number of carbonyl (C=O) groups is 2. The van der Waals surface area contributed by atoms with Crippen LogP contribution in [0, 0.1) is 5.82 Å². The molecular formula is C29H27FN2O5. The molecule has 1 N–H and O–H groups in total. The van der Waals surface area contributed by atoms with Crippen molar-refractivity contribution in [2.45, 2.75) is 18.9 Å². The molecule has 0 spiro atoms. The van der Waals surface area contributed by atoms with E-state index in [1.54, 1.807) is 36.4 Å². The fourth-order valence-corrected chi connectivity index (χ4v) is 5.11. The Bertz CT molecular complexity index is 1360. The van der Waals surface area contributed by atoms with Crippen LogP contribution in [0.4, 0.5) is 15.8 Å². The average molecular weight is 503 g/mol. The molecule has 3 aromatic rings. The lowest BCUT2D eigenvalue weighted by atomic mass is 9.94. The normalized spacial score (nSPS) is 18.9. The number of methoxy groups -OCH3 is 2. The molecule has 3 aromatic carbocycles. The maximum Gasteiger partial charge on any atom is 0.300 e. The van der Waals surface area contributed by atoms with E-state index in [1.807, 2.05) is 12.1 Å². The fourth-order valence-electron chi connectivity index (χ4n) is 5.11. The van der Waals surface area contributed by atoms with Gasteiger partial charge in [-0.2, -0.15) is 0 Å². The van der Waals surface area contributed by atoms with E-state index in [4.69, 9.17) is 9.47 Å². The first kappa shape index (κ1) is 24.4. The minimum atomic E-state index is -1.20. The number of carbonyl (C=O) groups excluding carboxylic acids is 2. The van der Waals surface area contributed by atoms with E-state index < -0.39 is 29.3 Å². The van der Waals surface area contributed by atoms with Crippen LogP contribution in [-0.4, -0.2) is 44.1 Å². The summed E-state index contributed by atoms with van der Waals surface area (Å²) in [6.45, 7) is 1.92. The summed E-state index contributed by atoms with van der Waals surface area (Å²) in [6, 6.07) is 16.9. The number of rotatable bonds is 6. The van der Waals surface area contributed by atoms with Crippen LogP contribution in [0.25, 0.3) is 5.76 Å². The Morgan fingerprint density at radius 1 is 0.865 bits per heavy atom. The first-order valence-corrected chi connectivity index (χ1v) is 12.1. The smallest absolute Gasteiger partial charge is 0.300 e. The van der Waals surface area contributed by atoms with Crippen LogP contribution >= 0.6 is 0 Å². The molecule has 190 valence electrons. The third-order valence-corrected chi connectivity index (χ3v) is 6.91. The largest absolute Gasteiger partial charge is 0.506 e. The molecule has 0 radical (unpaired) electrons. The van der Waals surface area contributed by atoms with Crippen LogP contribution in [0.15, 0.2) is 72.3 Å². The van der Waals surface area contributed by atoms with Crippen molar-refractivity contribution >= 4 is 28.8 Å². The molecule has 2 heterocycles. The van der Waals surface area contributed by atoms with Gasteiger partial charge in [-0.3, -0.25) is 14.5 Å². The van der Waals surface area contributed by atoms with Crippen molar-refractivity contribution in [3.63, 3.8) is 0 Å². The summed E-state index contributed by atoms with van der Waals surface area (Å²) < 4.78 is 26.0. The first-order chi connectivity index (χ1) is 18.0. The van der Waals surface area contributed by atoms with E-state index in [0.29, 0.717) is 5.69 Å². The Labute approximate surface area is 214 Å². The highest BCUT2D eigenvalue weighted by Gasteiger charge is 2.48. The van der Waals surface area contributed by atoms with Gasteiger partial charge in [-0.05, 0) is 55.3 Å². The van der Waals surface area contributed by atoms with E-state index in [1.165, 1.54) is 37.3 Å². The highest BCUT2D eigenvalue weighted by molar-refractivity contribution is 6.51. The maximum atomic E-state index is 15.2. The van der Waals surface area contributed by atoms with Gasteiger partial charge < -0.3 is 19.5 Å². The zero-order valence-electron chi connectivity index (χ0n) is 20.6. The molecule has 0 bridgehead atoms. The van der Waals surface area contributed by atoms with Gasteiger partial charge in [0.1, 0.15) is 28.6 Å². The average Bonchev–Trinajstić information content (AvgIpc) is 3.55. The van der Waals surface area contributed by atoms with Gasteiger partial charge in [-0.1, -0.05) is 24.3 Å². The molecule has 2 aliphatic rings. The number of hydrogen-bond acceptors (Lipinski definition) is 6. The molecule has 8 heteroatoms. The molecule has 37 heavy (non-hydrogen) atoms. The lowest BCUT2D eigenvalue weighted by Gasteiger charge is -2.27. The monoisotopic (exact) mass is 502 g/mol. The molecule has 0 saturated carbocycles. The standard InChI is InChI=1S/C29H27FN2O5/c1-36-22-10-7-11-23(37-2)24(22)27(33)25-26(20-8-3-4-9-21(20)30)32(29(35)28(25)34)19-14-12-18(13-15-19)31-16-5-6-17-31/h3-4,7-15,26,33H,5-6,16-17H2,1-2H3/b27-25+. The van der Waals surface area contributed by atoms with Crippen LogP contribution in [0.2, 0.25) is 0 Å². The van der Waals surface area contributed by atoms with Gasteiger partial charge in [-0.15, -0.1) is 0 Å². The molecular weight excluding hydrogens is 475 g/mol. The summed E-state index contributed by atoms with van der Waals surface area (Å²) in [5.74, 6) is -2.42. The summed E-state index contributed by atoms with van der Waals surface area (Å²) in [7, 11) is 2.83. The number of aliphatic hydroxyl groups is 1. The Hall–Kier alpha value is -4.33. The second-order valence-electron chi connectivity index (χ2n) is 8.94. The van der Waals surface area contributed by atoms with Crippen LogP contribution in [0.5, 0.6) is 11.5 Å². The number of amides is 1. The summed E-state index contributed by atoms with van der Waals surface area (Å²) >= 11 is 0. The second kappa shape index (κ2) is 9.97. The lowest BCUT2D eigenvalue weighted by molar-refractivity contribution is -0.132. The van der Waals surface area contributed by atoms with Crippen molar-refractivity contribution in [2.75, 3.05) is 37.1 Å². The number of hydrogen-bond donors (Lipinski definition) is 1. The van der Waals surface area contributed by atoms with Crippen LogP contribution in [0.3, 0.4) is 0 Å². The van der Waals surface area contributed by atoms with Gasteiger partial charge in [0.05, 0.1) is 25.8 Å². The molecule has 7 nitrogen and oxygen atoms in total. The van der Waals surface area contributed by atoms with Crippen molar-refractivity contribution in [3.05, 3.63) is 89.2 Å². The van der Waals surface area contributed by atoms with Crippen LogP contribution < -0.4 is 19.3 Å². The minimum absolute atomic E-state index is 0.0840. The molecule has 2 aliphatic heterocycles. The van der Waals surface area contributed by atoms with Crippen LogP contribution in [0.1, 0.15) is 30.0 Å². The Kier molecular flexibility index (Phi) is 6.56. The zero-order chi connectivity index (χ0) is 26.1. The second-order valence-corrected chi connectivity index (χ2v) is 8.94. The van der Waals surface area contributed by atoms with E-state index in [2.05, 4.69) is 4.90 Å². The van der Waals surface area contributed by atoms with Gasteiger partial charge in [0.25, 0.3) is 11.7 Å². The molecule has 2 saturated heterocycles. The highest BCUT2D eigenvalue weighted by atomic mass is 19.1. The Morgan fingerprint density at radius 2 is 1.46 bits per heavy atom. The van der Waals surface area contributed by atoms with E-state index in [0.717, 1.165) is 31.6 Å². The minimum Gasteiger partial charge on any atom is -0.506 e. The van der Waals surface area contributed by atoms with Gasteiger partial charge in [-0.25, -0.2) is 4.39 Å². The van der Waals surface area contributed by atoms with Gasteiger partial charge in [0.15, 0.2) is 0 Å². The van der Waals surface area contributed by atoms with Crippen molar-refractivity contribution in [1.29, 1.82) is 0 Å². The Balaban J connectivity index is 1.70. The van der Waals surface area contributed by atoms with Crippen molar-refractivity contribution in [1.82, 2.24) is 0 Å². The van der Waals surface area contributed by atoms with Gasteiger partial charge >= 0.3 is 0 Å². The number of ketones is 1. The van der Waals surface area contributed by atoms with E-state index in [-0.39, 0.29) is 28.2 Å². The SMILES string of the molecule is COc1cccc(OC)c1/C(O)=C1\C(=O)C(=O)N(c2ccc(N3CCCC3)cc2)C1c1ccccc1F. The number of halogens is 1. The number of benzene rings is 3. The summed E-state index contributed by atoms with van der Waals surface area (Å²) in [5, 5.41) is 11.5. The first-order valence-electron chi connectivity index (χ1n) is 12.1. The molecule has 1 unspecified atom stereocenters.